The molecule has 3 N–H and O–H groups in total. The highest BCUT2D eigenvalue weighted by molar-refractivity contribution is 7.13. The van der Waals surface area contributed by atoms with Gasteiger partial charge in [0.1, 0.15) is 12.1 Å². The number of aromatic nitrogens is 1. The molecule has 0 bridgehead atoms. The highest BCUT2D eigenvalue weighted by Gasteiger charge is 2.44. The molecule has 3 atom stereocenters. The molecule has 2 aliphatic heterocycles. The van der Waals surface area contributed by atoms with E-state index in [4.69, 9.17) is 0 Å². The number of likely N-dealkylation sites (tertiary alicyclic amines) is 1. The minimum absolute atomic E-state index is 0.0568. The second-order valence-electron chi connectivity index (χ2n) is 12.2. The third kappa shape index (κ3) is 7.91. The van der Waals surface area contributed by atoms with Crippen molar-refractivity contribution in [3.63, 3.8) is 0 Å². The Kier molecular flexibility index (Phi) is 10.2. The fourth-order valence-electron chi connectivity index (χ4n) is 5.45. The number of benzene rings is 1. The predicted octanol–water partition coefficient (Wildman–Crippen LogP) is 1.86. The first-order valence-electron chi connectivity index (χ1n) is 14.5. The molecule has 224 valence electrons. The van der Waals surface area contributed by atoms with Gasteiger partial charge in [-0.25, -0.2) is 4.98 Å². The smallest absolute Gasteiger partial charge is 0.246 e. The number of amides is 3. The number of β-amino-alcohol motifs (C(OH)–C–C–N with tert-alkyl or cyclic N) is 1. The molecule has 1 aromatic heterocycles. The Morgan fingerprint density at radius 3 is 2.34 bits per heavy atom. The third-order valence-corrected chi connectivity index (χ3v) is 8.97. The van der Waals surface area contributed by atoms with Crippen molar-refractivity contribution >= 4 is 29.1 Å². The van der Waals surface area contributed by atoms with Crippen molar-refractivity contribution in [1.29, 1.82) is 0 Å². The average molecular weight is 585 g/mol. The number of rotatable bonds is 9. The summed E-state index contributed by atoms with van der Waals surface area (Å²) >= 11 is 1.59. The average Bonchev–Trinajstić information content (AvgIpc) is 3.55. The van der Waals surface area contributed by atoms with Gasteiger partial charge in [-0.05, 0) is 30.0 Å². The van der Waals surface area contributed by atoms with E-state index in [1.807, 2.05) is 57.5 Å². The van der Waals surface area contributed by atoms with Crippen LogP contribution in [0.4, 0.5) is 0 Å². The second-order valence-corrected chi connectivity index (χ2v) is 13.0. The van der Waals surface area contributed by atoms with Gasteiger partial charge in [0, 0.05) is 45.7 Å². The van der Waals surface area contributed by atoms with Crippen LogP contribution in [-0.4, -0.2) is 107 Å². The number of hydrogen-bond donors (Lipinski definition) is 3. The number of thiazole rings is 1. The molecule has 2 aliphatic rings. The quantitative estimate of drug-likeness (QED) is 0.412. The van der Waals surface area contributed by atoms with E-state index in [1.165, 1.54) is 4.90 Å². The zero-order valence-corrected chi connectivity index (χ0v) is 25.7. The van der Waals surface area contributed by atoms with Crippen LogP contribution in [0.25, 0.3) is 10.4 Å². The van der Waals surface area contributed by atoms with Gasteiger partial charge in [-0.15, -0.1) is 11.3 Å². The highest BCUT2D eigenvalue weighted by atomic mass is 32.1. The Morgan fingerprint density at radius 2 is 1.76 bits per heavy atom. The molecule has 10 nitrogen and oxygen atoms in total. The van der Waals surface area contributed by atoms with Crippen LogP contribution >= 0.6 is 11.3 Å². The summed E-state index contributed by atoms with van der Waals surface area (Å²) in [4.78, 5) is 51.4. The molecule has 4 rings (SSSR count). The summed E-state index contributed by atoms with van der Waals surface area (Å²) < 4.78 is 0. The molecule has 1 aromatic carbocycles. The van der Waals surface area contributed by atoms with Crippen LogP contribution in [0.3, 0.4) is 0 Å². The van der Waals surface area contributed by atoms with Crippen molar-refractivity contribution in [2.24, 2.45) is 5.41 Å². The van der Waals surface area contributed by atoms with E-state index >= 15 is 0 Å². The number of nitrogens with zero attached hydrogens (tertiary/aromatic N) is 4. The monoisotopic (exact) mass is 584 g/mol. The molecule has 2 fully saturated rings. The first kappa shape index (κ1) is 31.1. The lowest BCUT2D eigenvalue weighted by molar-refractivity contribution is -0.144. The number of carbonyl (C=O) groups is 3. The maximum absolute atomic E-state index is 13.8. The summed E-state index contributed by atoms with van der Waals surface area (Å²) in [6.45, 7) is 14.9. The lowest BCUT2D eigenvalue weighted by Crippen LogP contribution is -2.59. The molecule has 3 heterocycles. The standard InChI is InChI=1S/C30H44N6O4S/c1-6-34-11-13-35(14-12-34)18-25(38)33-27(30(3,4)5)29(40)36-17-23(37)15-24(36)28(39)31-16-21-7-9-22(10-8-21)26-20(2)32-19-41-26/h7-10,19,23-24,27,37H,6,11-18H2,1-5H3,(H,31,39)(H,33,38)/t23-,24+,27-/m1/s1. The van der Waals surface area contributed by atoms with E-state index in [2.05, 4.69) is 32.3 Å². The summed E-state index contributed by atoms with van der Waals surface area (Å²) in [5, 5.41) is 16.3. The normalized spacial score (nSPS) is 21.1. The van der Waals surface area contributed by atoms with Crippen molar-refractivity contribution in [2.75, 3.05) is 45.8 Å². The van der Waals surface area contributed by atoms with E-state index in [0.717, 1.165) is 54.4 Å². The Hall–Kier alpha value is -2.86. The molecule has 0 saturated carbocycles. The lowest BCUT2D eigenvalue weighted by atomic mass is 9.85. The maximum atomic E-state index is 13.8. The first-order chi connectivity index (χ1) is 19.5. The largest absolute Gasteiger partial charge is 0.391 e. The van der Waals surface area contributed by atoms with Gasteiger partial charge in [0.05, 0.1) is 28.7 Å². The fourth-order valence-corrected chi connectivity index (χ4v) is 6.27. The summed E-state index contributed by atoms with van der Waals surface area (Å²) in [7, 11) is 0. The number of nitrogens with one attached hydrogen (secondary N) is 2. The Labute approximate surface area is 247 Å². The summed E-state index contributed by atoms with van der Waals surface area (Å²) in [6.07, 6.45) is -0.643. The van der Waals surface area contributed by atoms with Crippen LogP contribution in [0.1, 0.15) is 45.4 Å². The number of aryl methyl sites for hydroxylation is 1. The second kappa shape index (κ2) is 13.4. The van der Waals surface area contributed by atoms with Gasteiger partial charge >= 0.3 is 0 Å². The zero-order valence-electron chi connectivity index (χ0n) is 24.9. The minimum atomic E-state index is -0.824. The van der Waals surface area contributed by atoms with Gasteiger partial charge in [0.15, 0.2) is 0 Å². The van der Waals surface area contributed by atoms with Crippen LogP contribution in [-0.2, 0) is 20.9 Å². The lowest BCUT2D eigenvalue weighted by Gasteiger charge is -2.37. The van der Waals surface area contributed by atoms with Crippen molar-refractivity contribution in [2.45, 2.75) is 65.8 Å². The molecule has 41 heavy (non-hydrogen) atoms. The number of aliphatic hydroxyl groups excluding tert-OH is 1. The third-order valence-electron chi connectivity index (χ3n) is 7.99. The molecule has 0 spiro atoms. The van der Waals surface area contributed by atoms with E-state index in [-0.39, 0.29) is 37.2 Å². The fraction of sp³-hybridized carbons (Fsp3) is 0.600. The summed E-state index contributed by atoms with van der Waals surface area (Å²) in [5.41, 5.74) is 4.24. The molecular weight excluding hydrogens is 540 g/mol. The van der Waals surface area contributed by atoms with E-state index in [9.17, 15) is 19.5 Å². The number of hydrogen-bond acceptors (Lipinski definition) is 8. The molecule has 2 saturated heterocycles. The van der Waals surface area contributed by atoms with Gasteiger partial charge < -0.3 is 25.5 Å². The van der Waals surface area contributed by atoms with E-state index < -0.39 is 23.6 Å². The Morgan fingerprint density at radius 1 is 1.10 bits per heavy atom. The van der Waals surface area contributed by atoms with Gasteiger partial charge in [-0.3, -0.25) is 19.3 Å². The number of piperazine rings is 1. The highest BCUT2D eigenvalue weighted by Crippen LogP contribution is 2.28. The number of likely N-dealkylation sites (N-methyl/N-ethyl adjacent to an activating group) is 1. The van der Waals surface area contributed by atoms with Crippen LogP contribution in [0, 0.1) is 12.3 Å². The van der Waals surface area contributed by atoms with Crippen molar-refractivity contribution < 1.29 is 19.5 Å². The van der Waals surface area contributed by atoms with Gasteiger partial charge in [0.25, 0.3) is 0 Å². The molecule has 0 aliphatic carbocycles. The van der Waals surface area contributed by atoms with Crippen LogP contribution < -0.4 is 10.6 Å². The number of aliphatic hydroxyl groups is 1. The zero-order chi connectivity index (χ0) is 29.7. The minimum Gasteiger partial charge on any atom is -0.391 e. The van der Waals surface area contributed by atoms with Crippen molar-refractivity contribution in [1.82, 2.24) is 30.3 Å². The first-order valence-corrected chi connectivity index (χ1v) is 15.3. The molecule has 0 radical (unpaired) electrons. The molecular formula is C30H44N6O4S. The van der Waals surface area contributed by atoms with Gasteiger partial charge in [-0.1, -0.05) is 52.0 Å². The SMILES string of the molecule is CCN1CCN(CC(=O)N[C@H](C(=O)N2C[C@H](O)C[C@H]2C(=O)NCc2ccc(-c3scnc3C)cc2)C(C)(C)C)CC1. The topological polar surface area (TPSA) is 118 Å². The van der Waals surface area contributed by atoms with Crippen molar-refractivity contribution in [3.8, 4) is 10.4 Å². The van der Waals surface area contributed by atoms with Crippen LogP contribution in [0.15, 0.2) is 29.8 Å². The maximum Gasteiger partial charge on any atom is 0.246 e. The van der Waals surface area contributed by atoms with Crippen LogP contribution in [0.2, 0.25) is 0 Å². The van der Waals surface area contributed by atoms with Crippen LogP contribution in [0.5, 0.6) is 0 Å². The predicted molar refractivity (Wildman–Crippen MR) is 160 cm³/mol. The number of carbonyl (C=O) groups excluding carboxylic acids is 3. The molecule has 2 aromatic rings. The van der Waals surface area contributed by atoms with Crippen molar-refractivity contribution in [3.05, 3.63) is 41.0 Å². The molecule has 11 heteroatoms. The van der Waals surface area contributed by atoms with Gasteiger partial charge in [0.2, 0.25) is 17.7 Å². The molecule has 3 amide bonds. The summed E-state index contributed by atoms with van der Waals surface area (Å²) in [6, 6.07) is 6.33. The Balaban J connectivity index is 1.37. The Bertz CT molecular complexity index is 1200. The molecule has 0 unspecified atom stereocenters. The van der Waals surface area contributed by atoms with E-state index in [0.29, 0.717) is 6.54 Å². The summed E-state index contributed by atoms with van der Waals surface area (Å²) in [5.74, 6) is -0.867. The van der Waals surface area contributed by atoms with Gasteiger partial charge in [-0.2, -0.15) is 0 Å². The van der Waals surface area contributed by atoms with E-state index in [1.54, 1.807) is 11.3 Å².